The minimum atomic E-state index is -0.181. The number of thiazole rings is 1. The highest BCUT2D eigenvalue weighted by Gasteiger charge is 2.29. The van der Waals surface area contributed by atoms with Crippen LogP contribution in [0.2, 0.25) is 0 Å². The number of hydrogen-bond donors (Lipinski definition) is 1. The summed E-state index contributed by atoms with van der Waals surface area (Å²) >= 11 is 1.42. The number of amides is 2. The molecule has 1 heterocycles. The van der Waals surface area contributed by atoms with Gasteiger partial charge in [-0.15, -0.1) is 11.3 Å². The lowest BCUT2D eigenvalue weighted by Crippen LogP contribution is -2.39. The van der Waals surface area contributed by atoms with E-state index in [4.69, 9.17) is 9.47 Å². The van der Waals surface area contributed by atoms with Crippen molar-refractivity contribution < 1.29 is 19.1 Å². The number of nitrogens with zero attached hydrogens (tertiary/aromatic N) is 2. The van der Waals surface area contributed by atoms with Crippen molar-refractivity contribution in [1.29, 1.82) is 0 Å². The molecule has 0 bridgehead atoms. The normalized spacial score (nSPS) is 14.1. The zero-order valence-corrected chi connectivity index (χ0v) is 16.5. The van der Waals surface area contributed by atoms with Crippen LogP contribution in [-0.4, -0.2) is 62.2 Å². The van der Waals surface area contributed by atoms with E-state index < -0.39 is 0 Å². The van der Waals surface area contributed by atoms with Gasteiger partial charge in [-0.25, -0.2) is 4.98 Å². The molecule has 1 aromatic heterocycles. The number of aromatic nitrogens is 1. The molecule has 1 aromatic rings. The lowest BCUT2D eigenvalue weighted by molar-refractivity contribution is -0.139. The van der Waals surface area contributed by atoms with E-state index in [2.05, 4.69) is 10.3 Å². The summed E-state index contributed by atoms with van der Waals surface area (Å²) in [6, 6.07) is 0. The molecule has 1 fully saturated rings. The number of carbonyl (C=O) groups excluding carboxylic acids is 2. The Bertz CT molecular complexity index is 575. The van der Waals surface area contributed by atoms with Gasteiger partial charge in [0.2, 0.25) is 5.91 Å². The molecular weight excluding hydrogens is 354 g/mol. The monoisotopic (exact) mass is 383 g/mol. The predicted molar refractivity (Wildman–Crippen MR) is 100 cm³/mol. The summed E-state index contributed by atoms with van der Waals surface area (Å²) in [5.74, 6) is 0.175. The third-order valence-electron chi connectivity index (χ3n) is 4.46. The number of rotatable bonds is 12. The number of methoxy groups -OCH3 is 2. The van der Waals surface area contributed by atoms with E-state index in [1.807, 2.05) is 4.90 Å². The van der Waals surface area contributed by atoms with E-state index >= 15 is 0 Å². The summed E-state index contributed by atoms with van der Waals surface area (Å²) in [4.78, 5) is 31.0. The maximum atomic E-state index is 12.6. The molecule has 8 heteroatoms. The molecule has 0 aliphatic heterocycles. The van der Waals surface area contributed by atoms with Crippen LogP contribution in [0.3, 0.4) is 0 Å². The highest BCUT2D eigenvalue weighted by Crippen LogP contribution is 2.29. The summed E-state index contributed by atoms with van der Waals surface area (Å²) in [7, 11) is 3.30. The molecule has 0 atom stereocenters. The topological polar surface area (TPSA) is 80.8 Å². The van der Waals surface area contributed by atoms with Gasteiger partial charge in [-0.1, -0.05) is 6.42 Å². The van der Waals surface area contributed by atoms with E-state index in [0.717, 1.165) is 37.1 Å². The quantitative estimate of drug-likeness (QED) is 0.559. The van der Waals surface area contributed by atoms with E-state index in [1.165, 1.54) is 11.3 Å². The van der Waals surface area contributed by atoms with E-state index in [9.17, 15) is 9.59 Å². The lowest BCUT2D eigenvalue weighted by atomic mass is 9.84. The average Bonchev–Trinajstić information content (AvgIpc) is 3.05. The Balaban J connectivity index is 1.89. The molecule has 1 N–H and O–H groups in total. The zero-order valence-electron chi connectivity index (χ0n) is 15.7. The summed E-state index contributed by atoms with van der Waals surface area (Å²) in [6.45, 7) is 2.91. The summed E-state index contributed by atoms with van der Waals surface area (Å²) < 4.78 is 10.1. The standard InChI is InChI=1S/C18H29N3O4S/c1-24-10-4-8-19-17(22)15-13-26-16(20-15)12-21(9-5-11-25-2)18(23)14-6-3-7-14/h13-14H,3-12H2,1-2H3,(H,19,22). The first-order valence-electron chi connectivity index (χ1n) is 9.15. The Hall–Kier alpha value is -1.51. The van der Waals surface area contributed by atoms with Crippen LogP contribution in [-0.2, 0) is 20.8 Å². The molecule has 1 aliphatic carbocycles. The first-order valence-corrected chi connectivity index (χ1v) is 10.0. The van der Waals surface area contributed by atoms with Crippen LogP contribution in [0.15, 0.2) is 5.38 Å². The molecule has 0 aromatic carbocycles. The second kappa shape index (κ2) is 11.3. The molecular formula is C18H29N3O4S. The molecule has 0 spiro atoms. The smallest absolute Gasteiger partial charge is 0.270 e. The number of carbonyl (C=O) groups is 2. The molecule has 0 radical (unpaired) electrons. The van der Waals surface area contributed by atoms with Gasteiger partial charge in [-0.2, -0.15) is 0 Å². The van der Waals surface area contributed by atoms with Crippen LogP contribution in [0.4, 0.5) is 0 Å². The van der Waals surface area contributed by atoms with Crippen LogP contribution in [0, 0.1) is 5.92 Å². The largest absolute Gasteiger partial charge is 0.385 e. The highest BCUT2D eigenvalue weighted by atomic mass is 32.1. The van der Waals surface area contributed by atoms with Crippen molar-refractivity contribution in [1.82, 2.24) is 15.2 Å². The first-order chi connectivity index (χ1) is 12.7. The SMILES string of the molecule is COCCCNC(=O)c1csc(CN(CCCOC)C(=O)C2CCC2)n1. The fraction of sp³-hybridized carbons (Fsp3) is 0.722. The first kappa shape index (κ1) is 20.8. The van der Waals surface area contributed by atoms with Crippen LogP contribution < -0.4 is 5.32 Å². The zero-order chi connectivity index (χ0) is 18.8. The second-order valence-electron chi connectivity index (χ2n) is 6.46. The maximum absolute atomic E-state index is 12.6. The Morgan fingerprint density at radius 2 is 2.00 bits per heavy atom. The van der Waals surface area contributed by atoms with Gasteiger partial charge in [0.25, 0.3) is 5.91 Å². The van der Waals surface area contributed by atoms with Gasteiger partial charge >= 0.3 is 0 Å². The van der Waals surface area contributed by atoms with Crippen LogP contribution >= 0.6 is 11.3 Å². The van der Waals surface area contributed by atoms with E-state index in [1.54, 1.807) is 19.6 Å². The number of ether oxygens (including phenoxy) is 2. The second-order valence-corrected chi connectivity index (χ2v) is 7.41. The molecule has 1 saturated carbocycles. The summed E-state index contributed by atoms with van der Waals surface area (Å²) in [5, 5.41) is 5.37. The predicted octanol–water partition coefficient (Wildman–Crippen LogP) is 2.07. The van der Waals surface area contributed by atoms with Gasteiger partial charge in [0.05, 0.1) is 6.54 Å². The average molecular weight is 384 g/mol. The Labute approximate surface area is 159 Å². The molecule has 7 nitrogen and oxygen atoms in total. The molecule has 0 saturated heterocycles. The third kappa shape index (κ3) is 6.34. The summed E-state index contributed by atoms with van der Waals surface area (Å²) in [6.07, 6.45) is 4.65. The van der Waals surface area contributed by atoms with Crippen molar-refractivity contribution in [2.24, 2.45) is 5.92 Å². The number of nitrogens with one attached hydrogen (secondary N) is 1. The molecule has 2 rings (SSSR count). The van der Waals surface area contributed by atoms with Gasteiger partial charge in [-0.05, 0) is 25.7 Å². The Morgan fingerprint density at radius 1 is 1.27 bits per heavy atom. The van der Waals surface area contributed by atoms with Crippen LogP contribution in [0.25, 0.3) is 0 Å². The molecule has 2 amide bonds. The van der Waals surface area contributed by atoms with Gasteiger partial charge < -0.3 is 19.7 Å². The van der Waals surface area contributed by atoms with Gasteiger partial charge in [-0.3, -0.25) is 9.59 Å². The lowest BCUT2D eigenvalue weighted by Gasteiger charge is -2.31. The van der Waals surface area contributed by atoms with Crippen molar-refractivity contribution in [3.63, 3.8) is 0 Å². The third-order valence-corrected chi connectivity index (χ3v) is 5.30. The van der Waals surface area contributed by atoms with Gasteiger partial charge in [0, 0.05) is 51.8 Å². The van der Waals surface area contributed by atoms with E-state index in [0.29, 0.717) is 38.5 Å². The van der Waals surface area contributed by atoms with Gasteiger partial charge in [0.1, 0.15) is 10.7 Å². The number of hydrogen-bond acceptors (Lipinski definition) is 6. The van der Waals surface area contributed by atoms with Crippen molar-refractivity contribution in [3.05, 3.63) is 16.1 Å². The fourth-order valence-corrected chi connectivity index (χ4v) is 3.53. The molecule has 26 heavy (non-hydrogen) atoms. The molecule has 1 aliphatic rings. The Morgan fingerprint density at radius 3 is 2.65 bits per heavy atom. The van der Waals surface area contributed by atoms with Crippen molar-refractivity contribution in [2.75, 3.05) is 40.5 Å². The van der Waals surface area contributed by atoms with E-state index in [-0.39, 0.29) is 17.7 Å². The van der Waals surface area contributed by atoms with Gasteiger partial charge in [0.15, 0.2) is 0 Å². The van der Waals surface area contributed by atoms with Crippen molar-refractivity contribution in [3.8, 4) is 0 Å². The van der Waals surface area contributed by atoms with Crippen molar-refractivity contribution >= 4 is 23.2 Å². The summed E-state index contributed by atoms with van der Waals surface area (Å²) in [5.41, 5.74) is 0.412. The minimum absolute atomic E-state index is 0.154. The minimum Gasteiger partial charge on any atom is -0.385 e. The molecule has 0 unspecified atom stereocenters. The van der Waals surface area contributed by atoms with Crippen LogP contribution in [0.1, 0.15) is 47.6 Å². The Kier molecular flexibility index (Phi) is 9.00. The fourth-order valence-electron chi connectivity index (χ4n) is 2.74. The van der Waals surface area contributed by atoms with Crippen LogP contribution in [0.5, 0.6) is 0 Å². The maximum Gasteiger partial charge on any atom is 0.270 e. The molecule has 146 valence electrons. The van der Waals surface area contributed by atoms with Crippen molar-refractivity contribution in [2.45, 2.75) is 38.6 Å². The highest BCUT2D eigenvalue weighted by molar-refractivity contribution is 7.09.